The summed E-state index contributed by atoms with van der Waals surface area (Å²) in [4.78, 5) is 4.26. The molecule has 3 aromatic carbocycles. The summed E-state index contributed by atoms with van der Waals surface area (Å²) in [6.07, 6.45) is 3.71. The predicted octanol–water partition coefficient (Wildman–Crippen LogP) is 7.37. The van der Waals surface area contributed by atoms with Gasteiger partial charge in [0.05, 0.1) is 11.0 Å². The number of benzene rings is 3. The average molecular weight is 478 g/mol. The second-order valence-corrected chi connectivity index (χ2v) is 8.29. The zero-order chi connectivity index (χ0) is 18.4. The Morgan fingerprint density at radius 1 is 0.667 bits per heavy atom. The largest absolute Gasteiger partial charge is 0.309 e. The maximum absolute atomic E-state index is 4.26. The van der Waals surface area contributed by atoms with Gasteiger partial charge in [0.2, 0.25) is 0 Å². The first kappa shape index (κ1) is 16.7. The monoisotopic (exact) mass is 476 g/mol. The van der Waals surface area contributed by atoms with Gasteiger partial charge in [0.15, 0.2) is 0 Å². The van der Waals surface area contributed by atoms with Crippen LogP contribution < -0.4 is 0 Å². The lowest BCUT2D eigenvalue weighted by molar-refractivity contribution is 1.17. The van der Waals surface area contributed by atoms with Crippen molar-refractivity contribution >= 4 is 53.7 Å². The zero-order valence-electron chi connectivity index (χ0n) is 14.2. The summed E-state index contributed by atoms with van der Waals surface area (Å²) in [5, 5.41) is 2.48. The van der Waals surface area contributed by atoms with Crippen LogP contribution in [-0.2, 0) is 0 Å². The van der Waals surface area contributed by atoms with E-state index < -0.39 is 0 Å². The SMILES string of the molecule is Brc1cc(Br)cc(-n2c3ccccc3c3cc(-c4cccnc4)ccc32)c1. The molecule has 5 aromatic rings. The van der Waals surface area contributed by atoms with Crippen molar-refractivity contribution in [2.24, 2.45) is 0 Å². The number of halogens is 2. The number of nitrogens with zero attached hydrogens (tertiary/aromatic N) is 2. The topological polar surface area (TPSA) is 17.8 Å². The van der Waals surface area contributed by atoms with E-state index in [0.29, 0.717) is 0 Å². The van der Waals surface area contributed by atoms with Gasteiger partial charge in [0.25, 0.3) is 0 Å². The third-order valence-corrected chi connectivity index (χ3v) is 5.69. The lowest BCUT2D eigenvalue weighted by Crippen LogP contribution is -1.94. The standard InChI is InChI=1S/C23H14Br2N2/c24-17-11-18(25)13-19(12-17)27-22-6-2-1-5-20(22)21-10-15(7-8-23(21)27)16-4-3-9-26-14-16/h1-14H. The molecule has 0 unspecified atom stereocenters. The summed E-state index contributed by atoms with van der Waals surface area (Å²) >= 11 is 7.24. The maximum Gasteiger partial charge on any atom is 0.0541 e. The fourth-order valence-corrected chi connectivity index (χ4v) is 4.90. The van der Waals surface area contributed by atoms with Crippen LogP contribution in [-0.4, -0.2) is 9.55 Å². The normalized spacial score (nSPS) is 11.3. The molecular weight excluding hydrogens is 464 g/mol. The van der Waals surface area contributed by atoms with E-state index in [1.165, 1.54) is 27.4 Å². The summed E-state index contributed by atoms with van der Waals surface area (Å²) in [7, 11) is 0. The minimum Gasteiger partial charge on any atom is -0.309 e. The van der Waals surface area contributed by atoms with Crippen LogP contribution in [0.1, 0.15) is 0 Å². The van der Waals surface area contributed by atoms with Gasteiger partial charge in [0, 0.05) is 43.4 Å². The smallest absolute Gasteiger partial charge is 0.0541 e. The summed E-state index contributed by atoms with van der Waals surface area (Å²) < 4.78 is 4.40. The third kappa shape index (κ3) is 2.89. The van der Waals surface area contributed by atoms with Crippen molar-refractivity contribution in [2.45, 2.75) is 0 Å². The van der Waals surface area contributed by atoms with Gasteiger partial charge in [-0.05, 0) is 48.0 Å². The number of pyridine rings is 1. The molecule has 0 spiro atoms. The maximum atomic E-state index is 4.26. The van der Waals surface area contributed by atoms with Crippen molar-refractivity contribution in [3.63, 3.8) is 0 Å². The van der Waals surface area contributed by atoms with E-state index in [9.17, 15) is 0 Å². The molecule has 0 radical (unpaired) electrons. The number of hydrogen-bond donors (Lipinski definition) is 0. The summed E-state index contributed by atoms with van der Waals surface area (Å²) in [5.41, 5.74) is 5.81. The van der Waals surface area contributed by atoms with Crippen molar-refractivity contribution in [3.05, 3.63) is 94.1 Å². The Morgan fingerprint density at radius 3 is 2.22 bits per heavy atom. The van der Waals surface area contributed by atoms with E-state index in [0.717, 1.165) is 20.2 Å². The van der Waals surface area contributed by atoms with Gasteiger partial charge in [-0.1, -0.05) is 62.2 Å². The number of para-hydroxylation sites is 1. The van der Waals surface area contributed by atoms with Crippen molar-refractivity contribution in [1.82, 2.24) is 9.55 Å². The number of hydrogen-bond acceptors (Lipinski definition) is 1. The third-order valence-electron chi connectivity index (χ3n) is 4.77. The van der Waals surface area contributed by atoms with Crippen LogP contribution in [0, 0.1) is 0 Å². The molecule has 0 saturated heterocycles. The van der Waals surface area contributed by atoms with E-state index in [1.54, 1.807) is 6.20 Å². The first-order valence-electron chi connectivity index (χ1n) is 8.61. The molecule has 0 atom stereocenters. The lowest BCUT2D eigenvalue weighted by atomic mass is 10.0. The zero-order valence-corrected chi connectivity index (χ0v) is 17.4. The highest BCUT2D eigenvalue weighted by Gasteiger charge is 2.13. The molecule has 2 aromatic heterocycles. The number of aromatic nitrogens is 2. The van der Waals surface area contributed by atoms with Gasteiger partial charge in [-0.25, -0.2) is 0 Å². The van der Waals surface area contributed by atoms with Crippen LogP contribution in [0.15, 0.2) is 94.1 Å². The molecule has 2 heterocycles. The van der Waals surface area contributed by atoms with E-state index in [4.69, 9.17) is 0 Å². The molecule has 0 aliphatic rings. The summed E-state index contributed by atoms with van der Waals surface area (Å²) in [5.74, 6) is 0. The Kier molecular flexibility index (Phi) is 4.10. The first-order chi connectivity index (χ1) is 13.2. The van der Waals surface area contributed by atoms with E-state index in [2.05, 4.69) is 108 Å². The Morgan fingerprint density at radius 2 is 1.44 bits per heavy atom. The Hall–Kier alpha value is -2.43. The van der Waals surface area contributed by atoms with Crippen molar-refractivity contribution < 1.29 is 0 Å². The van der Waals surface area contributed by atoms with Crippen molar-refractivity contribution in [2.75, 3.05) is 0 Å². The molecule has 4 heteroatoms. The van der Waals surface area contributed by atoms with Gasteiger partial charge >= 0.3 is 0 Å². The van der Waals surface area contributed by atoms with Crippen LogP contribution in [0.3, 0.4) is 0 Å². The highest BCUT2D eigenvalue weighted by Crippen LogP contribution is 2.35. The molecule has 0 bridgehead atoms. The molecule has 5 rings (SSSR count). The molecule has 0 fully saturated rings. The second kappa shape index (κ2) is 6.63. The molecular formula is C23H14Br2N2. The summed E-state index contributed by atoms with van der Waals surface area (Å²) in [6.45, 7) is 0. The Labute approximate surface area is 173 Å². The van der Waals surface area contributed by atoms with Gasteiger partial charge in [-0.3, -0.25) is 4.98 Å². The average Bonchev–Trinajstić information content (AvgIpc) is 3.02. The Balaban J connectivity index is 1.85. The summed E-state index contributed by atoms with van der Waals surface area (Å²) in [6, 6.07) is 25.6. The molecule has 0 amide bonds. The van der Waals surface area contributed by atoms with E-state index in [1.807, 2.05) is 12.3 Å². The van der Waals surface area contributed by atoms with Crippen LogP contribution in [0.25, 0.3) is 38.6 Å². The van der Waals surface area contributed by atoms with Gasteiger partial charge in [-0.2, -0.15) is 0 Å². The van der Waals surface area contributed by atoms with Crippen molar-refractivity contribution in [1.29, 1.82) is 0 Å². The highest BCUT2D eigenvalue weighted by molar-refractivity contribution is 9.11. The van der Waals surface area contributed by atoms with Crippen LogP contribution in [0.2, 0.25) is 0 Å². The van der Waals surface area contributed by atoms with E-state index in [-0.39, 0.29) is 0 Å². The predicted molar refractivity (Wildman–Crippen MR) is 119 cm³/mol. The van der Waals surface area contributed by atoms with Gasteiger partial charge < -0.3 is 4.57 Å². The molecule has 27 heavy (non-hydrogen) atoms. The fourth-order valence-electron chi connectivity index (χ4n) is 3.63. The lowest BCUT2D eigenvalue weighted by Gasteiger charge is -2.09. The molecule has 0 aliphatic heterocycles. The number of rotatable bonds is 2. The molecule has 130 valence electrons. The first-order valence-corrected chi connectivity index (χ1v) is 10.2. The Bertz CT molecular complexity index is 1270. The highest BCUT2D eigenvalue weighted by atomic mass is 79.9. The number of fused-ring (bicyclic) bond motifs is 3. The van der Waals surface area contributed by atoms with E-state index >= 15 is 0 Å². The minimum atomic E-state index is 1.05. The van der Waals surface area contributed by atoms with Crippen LogP contribution >= 0.6 is 31.9 Å². The van der Waals surface area contributed by atoms with Crippen molar-refractivity contribution in [3.8, 4) is 16.8 Å². The molecule has 0 N–H and O–H groups in total. The van der Waals surface area contributed by atoms with Crippen LogP contribution in [0.5, 0.6) is 0 Å². The van der Waals surface area contributed by atoms with Crippen LogP contribution in [0.4, 0.5) is 0 Å². The molecule has 2 nitrogen and oxygen atoms in total. The molecule has 0 saturated carbocycles. The quantitative estimate of drug-likeness (QED) is 0.259. The fraction of sp³-hybridized carbons (Fsp3) is 0. The molecule has 0 aliphatic carbocycles. The second-order valence-electron chi connectivity index (χ2n) is 6.45. The van der Waals surface area contributed by atoms with Gasteiger partial charge in [-0.15, -0.1) is 0 Å². The van der Waals surface area contributed by atoms with Gasteiger partial charge in [0.1, 0.15) is 0 Å². The minimum absolute atomic E-state index is 1.05.